The molecular formula is C15H25N7S. The van der Waals surface area contributed by atoms with Crippen LogP contribution in [0.1, 0.15) is 36.3 Å². The van der Waals surface area contributed by atoms with Gasteiger partial charge in [-0.25, -0.2) is 9.97 Å². The Morgan fingerprint density at radius 1 is 1.43 bits per heavy atom. The molecule has 2 aromatic rings. The first kappa shape index (κ1) is 17.4. The number of nitrogens with two attached hydrogens (primary N) is 1. The van der Waals surface area contributed by atoms with Crippen molar-refractivity contribution in [3.63, 3.8) is 0 Å². The molecule has 2 aromatic heterocycles. The first-order valence-electron chi connectivity index (χ1n) is 7.75. The number of guanidine groups is 1. The summed E-state index contributed by atoms with van der Waals surface area (Å²) in [6, 6.07) is 0. The van der Waals surface area contributed by atoms with Crippen LogP contribution in [0.2, 0.25) is 0 Å². The van der Waals surface area contributed by atoms with Crippen LogP contribution in [0.15, 0.2) is 23.8 Å². The molecule has 0 saturated carbocycles. The lowest BCUT2D eigenvalue weighted by molar-refractivity contribution is 0.673. The second-order valence-electron chi connectivity index (χ2n) is 5.42. The predicted molar refractivity (Wildman–Crippen MR) is 95.6 cm³/mol. The SMILES string of the molecule is Cc1[nH]cnc1CSCCNC(N)=NCCC(C)c1cnc[nH]1. The van der Waals surface area contributed by atoms with E-state index in [-0.39, 0.29) is 0 Å². The van der Waals surface area contributed by atoms with Gasteiger partial charge < -0.3 is 21.0 Å². The summed E-state index contributed by atoms with van der Waals surface area (Å²) in [6.45, 7) is 5.70. The zero-order chi connectivity index (χ0) is 16.5. The van der Waals surface area contributed by atoms with Gasteiger partial charge in [0.2, 0.25) is 0 Å². The van der Waals surface area contributed by atoms with Crippen molar-refractivity contribution in [3.05, 3.63) is 35.9 Å². The fourth-order valence-corrected chi connectivity index (χ4v) is 2.95. The summed E-state index contributed by atoms with van der Waals surface area (Å²) in [5.41, 5.74) is 9.26. The maximum Gasteiger partial charge on any atom is 0.188 e. The molecule has 0 aliphatic heterocycles. The minimum absolute atomic E-state index is 0.404. The van der Waals surface area contributed by atoms with Crippen molar-refractivity contribution in [1.29, 1.82) is 0 Å². The molecule has 0 aliphatic carbocycles. The summed E-state index contributed by atoms with van der Waals surface area (Å²) in [5.74, 6) is 2.79. The molecule has 23 heavy (non-hydrogen) atoms. The summed E-state index contributed by atoms with van der Waals surface area (Å²) in [6.07, 6.45) is 6.23. The molecule has 0 amide bonds. The number of nitrogens with zero attached hydrogens (tertiary/aromatic N) is 3. The van der Waals surface area contributed by atoms with Gasteiger partial charge >= 0.3 is 0 Å². The van der Waals surface area contributed by atoms with Gasteiger partial charge in [-0.05, 0) is 19.3 Å². The molecule has 0 aliphatic rings. The van der Waals surface area contributed by atoms with E-state index in [1.54, 1.807) is 12.7 Å². The Morgan fingerprint density at radius 2 is 2.30 bits per heavy atom. The maximum atomic E-state index is 5.87. The molecule has 0 bridgehead atoms. The van der Waals surface area contributed by atoms with Gasteiger partial charge in [0.1, 0.15) is 0 Å². The third-order valence-corrected chi connectivity index (χ3v) is 4.59. The molecule has 1 unspecified atom stereocenters. The summed E-state index contributed by atoms with van der Waals surface area (Å²) in [4.78, 5) is 18.9. The number of thioether (sulfide) groups is 1. The Kier molecular flexibility index (Phi) is 6.99. The van der Waals surface area contributed by atoms with Crippen LogP contribution in [0.25, 0.3) is 0 Å². The summed E-state index contributed by atoms with van der Waals surface area (Å²) in [7, 11) is 0. The predicted octanol–water partition coefficient (Wildman–Crippen LogP) is 1.77. The van der Waals surface area contributed by atoms with E-state index in [1.165, 1.54) is 0 Å². The van der Waals surface area contributed by atoms with Crippen LogP contribution >= 0.6 is 11.8 Å². The maximum absolute atomic E-state index is 5.87. The van der Waals surface area contributed by atoms with Gasteiger partial charge in [0.15, 0.2) is 5.96 Å². The fourth-order valence-electron chi connectivity index (χ4n) is 2.08. The second-order valence-corrected chi connectivity index (χ2v) is 6.52. The minimum atomic E-state index is 0.404. The first-order valence-corrected chi connectivity index (χ1v) is 8.91. The van der Waals surface area contributed by atoms with E-state index < -0.39 is 0 Å². The average molecular weight is 335 g/mol. The molecule has 8 heteroatoms. The normalized spacial score (nSPS) is 13.2. The molecule has 5 N–H and O–H groups in total. The lowest BCUT2D eigenvalue weighted by Gasteiger charge is -2.08. The number of imidazole rings is 2. The Morgan fingerprint density at radius 3 is 3.00 bits per heavy atom. The number of aliphatic imine (C=N–C) groups is 1. The highest BCUT2D eigenvalue weighted by atomic mass is 32.2. The van der Waals surface area contributed by atoms with Crippen LogP contribution in [0.3, 0.4) is 0 Å². The van der Waals surface area contributed by atoms with Crippen LogP contribution in [0.5, 0.6) is 0 Å². The van der Waals surface area contributed by atoms with Crippen molar-refractivity contribution in [2.24, 2.45) is 10.7 Å². The third-order valence-electron chi connectivity index (χ3n) is 3.62. The number of hydrogen-bond acceptors (Lipinski definition) is 4. The fraction of sp³-hybridized carbons (Fsp3) is 0.533. The number of hydrogen-bond donors (Lipinski definition) is 4. The topological polar surface area (TPSA) is 108 Å². The second kappa shape index (κ2) is 9.24. The molecule has 126 valence electrons. The van der Waals surface area contributed by atoms with Gasteiger partial charge in [-0.15, -0.1) is 0 Å². The van der Waals surface area contributed by atoms with E-state index in [0.717, 1.165) is 41.6 Å². The monoisotopic (exact) mass is 335 g/mol. The number of aryl methyl sites for hydroxylation is 1. The minimum Gasteiger partial charge on any atom is -0.370 e. The van der Waals surface area contributed by atoms with Crippen LogP contribution in [-0.4, -0.2) is 44.7 Å². The van der Waals surface area contributed by atoms with E-state index in [1.807, 2.05) is 24.9 Å². The average Bonchev–Trinajstić information content (AvgIpc) is 3.19. The molecule has 0 saturated heterocycles. The zero-order valence-electron chi connectivity index (χ0n) is 13.7. The molecule has 0 aromatic carbocycles. The number of aromatic nitrogens is 4. The Hall–Kier alpha value is -1.96. The van der Waals surface area contributed by atoms with E-state index in [9.17, 15) is 0 Å². The Labute approximate surface area is 141 Å². The van der Waals surface area contributed by atoms with E-state index in [0.29, 0.717) is 18.4 Å². The quantitative estimate of drug-likeness (QED) is 0.317. The highest BCUT2D eigenvalue weighted by molar-refractivity contribution is 7.98. The van der Waals surface area contributed by atoms with Gasteiger partial charge in [0.05, 0.1) is 18.3 Å². The molecule has 7 nitrogen and oxygen atoms in total. The van der Waals surface area contributed by atoms with Crippen LogP contribution in [0.4, 0.5) is 0 Å². The third kappa shape index (κ3) is 5.97. The van der Waals surface area contributed by atoms with Gasteiger partial charge in [0, 0.05) is 42.2 Å². The van der Waals surface area contributed by atoms with Crippen molar-refractivity contribution < 1.29 is 0 Å². The van der Waals surface area contributed by atoms with Gasteiger partial charge in [-0.1, -0.05) is 6.92 Å². The highest BCUT2D eigenvalue weighted by Crippen LogP contribution is 2.15. The van der Waals surface area contributed by atoms with Crippen LogP contribution in [0, 0.1) is 6.92 Å². The lowest BCUT2D eigenvalue weighted by Crippen LogP contribution is -2.33. The van der Waals surface area contributed by atoms with Crippen LogP contribution < -0.4 is 11.1 Å². The van der Waals surface area contributed by atoms with Gasteiger partial charge in [-0.3, -0.25) is 4.99 Å². The van der Waals surface area contributed by atoms with Gasteiger partial charge in [0.25, 0.3) is 0 Å². The molecule has 0 radical (unpaired) electrons. The Balaban J connectivity index is 1.55. The lowest BCUT2D eigenvalue weighted by atomic mass is 10.1. The van der Waals surface area contributed by atoms with Crippen molar-refractivity contribution >= 4 is 17.7 Å². The number of rotatable bonds is 9. The van der Waals surface area contributed by atoms with E-state index in [2.05, 4.69) is 37.2 Å². The van der Waals surface area contributed by atoms with Crippen molar-refractivity contribution in [1.82, 2.24) is 25.3 Å². The molecular weight excluding hydrogens is 310 g/mol. The first-order chi connectivity index (χ1) is 11.2. The number of aromatic amines is 2. The molecule has 0 fully saturated rings. The van der Waals surface area contributed by atoms with Crippen LogP contribution in [-0.2, 0) is 5.75 Å². The van der Waals surface area contributed by atoms with Crippen molar-refractivity contribution in [2.45, 2.75) is 31.9 Å². The largest absolute Gasteiger partial charge is 0.370 e. The molecule has 0 spiro atoms. The van der Waals surface area contributed by atoms with E-state index >= 15 is 0 Å². The standard InChI is InChI=1S/C15H25N7S/c1-11(13-7-17-9-21-13)3-4-18-15(16)19-5-6-23-8-14-12(2)20-10-22-14/h7,9-11H,3-6,8H2,1-2H3,(H,17,21)(H,20,22)(H3,16,18,19). The smallest absolute Gasteiger partial charge is 0.188 e. The zero-order valence-corrected chi connectivity index (χ0v) is 14.5. The summed E-state index contributed by atoms with van der Waals surface area (Å²) in [5, 5.41) is 3.14. The number of H-pyrrole nitrogens is 2. The molecule has 2 heterocycles. The Bertz CT molecular complexity index is 591. The molecule has 2 rings (SSSR count). The highest BCUT2D eigenvalue weighted by Gasteiger charge is 2.05. The van der Waals surface area contributed by atoms with E-state index in [4.69, 9.17) is 5.73 Å². The van der Waals surface area contributed by atoms with Crippen molar-refractivity contribution in [3.8, 4) is 0 Å². The van der Waals surface area contributed by atoms with Gasteiger partial charge in [-0.2, -0.15) is 11.8 Å². The molecule has 1 atom stereocenters. The summed E-state index contributed by atoms with van der Waals surface area (Å²) < 4.78 is 0. The van der Waals surface area contributed by atoms with Crippen molar-refractivity contribution in [2.75, 3.05) is 18.8 Å². The number of nitrogens with one attached hydrogen (secondary N) is 3. The summed E-state index contributed by atoms with van der Waals surface area (Å²) >= 11 is 1.83.